The van der Waals surface area contributed by atoms with Crippen LogP contribution < -0.4 is 0 Å². The zero-order valence-electron chi connectivity index (χ0n) is 14.2. The molecular formula is C19H19N3O3. The normalized spacial score (nSPS) is 17.2. The van der Waals surface area contributed by atoms with Crippen LogP contribution in [0.2, 0.25) is 0 Å². The topological polar surface area (TPSA) is 72.4 Å². The number of aryl methyl sites for hydroxylation is 2. The Hall–Kier alpha value is -2.89. The maximum absolute atomic E-state index is 12.7. The first-order valence-corrected chi connectivity index (χ1v) is 8.37. The van der Waals surface area contributed by atoms with Crippen molar-refractivity contribution in [2.24, 2.45) is 0 Å². The highest BCUT2D eigenvalue weighted by molar-refractivity contribution is 5.95. The number of nitrogens with zero attached hydrogens (tertiary/aromatic N) is 3. The number of amides is 1. The van der Waals surface area contributed by atoms with Crippen LogP contribution in [0.3, 0.4) is 0 Å². The molecule has 6 nitrogen and oxygen atoms in total. The molecule has 4 rings (SSSR count). The Balaban J connectivity index is 1.49. The van der Waals surface area contributed by atoms with Gasteiger partial charge >= 0.3 is 0 Å². The summed E-state index contributed by atoms with van der Waals surface area (Å²) in [6, 6.07) is 11.5. The summed E-state index contributed by atoms with van der Waals surface area (Å²) in [5.41, 5.74) is 1.54. The maximum atomic E-state index is 12.7. The van der Waals surface area contributed by atoms with Crippen LogP contribution in [0.5, 0.6) is 0 Å². The molecule has 0 N–H and O–H groups in total. The number of aromatic nitrogens is 2. The Morgan fingerprint density at radius 3 is 2.76 bits per heavy atom. The molecule has 3 heterocycles. The number of carbonyl (C=O) groups excluding carboxylic acids is 1. The molecule has 25 heavy (non-hydrogen) atoms. The van der Waals surface area contributed by atoms with E-state index >= 15 is 0 Å². The van der Waals surface area contributed by atoms with Gasteiger partial charge in [-0.15, -0.1) is 0 Å². The van der Waals surface area contributed by atoms with Gasteiger partial charge in [-0.25, -0.2) is 0 Å². The number of furan rings is 1. The average molecular weight is 337 g/mol. The fraction of sp³-hybridized carbons (Fsp3) is 0.316. The molecule has 0 radical (unpaired) electrons. The number of hydrogen-bond donors (Lipinski definition) is 0. The number of rotatable bonds is 3. The van der Waals surface area contributed by atoms with Crippen molar-refractivity contribution in [2.45, 2.75) is 26.2 Å². The number of carbonyl (C=O) groups is 1. The van der Waals surface area contributed by atoms with E-state index in [4.69, 9.17) is 8.94 Å². The van der Waals surface area contributed by atoms with Gasteiger partial charge in [0.15, 0.2) is 5.82 Å². The van der Waals surface area contributed by atoms with Crippen LogP contribution in [-0.2, 0) is 0 Å². The SMILES string of the molecule is Cc1cc(C(=O)N2CCC(c3noc(-c4ccccc4)n3)C2)c(C)o1. The first-order valence-electron chi connectivity index (χ1n) is 8.37. The van der Waals surface area contributed by atoms with Gasteiger partial charge in [0.05, 0.1) is 5.56 Å². The number of hydrogen-bond acceptors (Lipinski definition) is 5. The first kappa shape index (κ1) is 15.6. The van der Waals surface area contributed by atoms with Gasteiger partial charge in [-0.05, 0) is 38.5 Å². The van der Waals surface area contributed by atoms with E-state index in [0.29, 0.717) is 36.1 Å². The van der Waals surface area contributed by atoms with E-state index < -0.39 is 0 Å². The van der Waals surface area contributed by atoms with Gasteiger partial charge in [-0.3, -0.25) is 4.79 Å². The molecule has 128 valence electrons. The second-order valence-corrected chi connectivity index (χ2v) is 6.39. The third-order valence-electron chi connectivity index (χ3n) is 4.57. The van der Waals surface area contributed by atoms with E-state index in [9.17, 15) is 4.79 Å². The quantitative estimate of drug-likeness (QED) is 0.730. The third-order valence-corrected chi connectivity index (χ3v) is 4.57. The summed E-state index contributed by atoms with van der Waals surface area (Å²) >= 11 is 0. The van der Waals surface area contributed by atoms with Crippen LogP contribution in [0.25, 0.3) is 11.5 Å². The predicted molar refractivity (Wildman–Crippen MR) is 91.2 cm³/mol. The van der Waals surface area contributed by atoms with Gasteiger partial charge in [0.1, 0.15) is 11.5 Å². The van der Waals surface area contributed by atoms with E-state index in [0.717, 1.165) is 17.7 Å². The predicted octanol–water partition coefficient (Wildman–Crippen LogP) is 3.58. The fourth-order valence-corrected chi connectivity index (χ4v) is 3.27. The standard InChI is InChI=1S/C19H19N3O3/c1-12-10-16(13(2)24-12)19(23)22-9-8-15(11-22)17-20-18(25-21-17)14-6-4-3-5-7-14/h3-7,10,15H,8-9,11H2,1-2H3. The zero-order valence-corrected chi connectivity index (χ0v) is 14.2. The minimum absolute atomic E-state index is 0.00336. The minimum atomic E-state index is 0.00336. The van der Waals surface area contributed by atoms with Crippen LogP contribution in [0.1, 0.15) is 40.0 Å². The van der Waals surface area contributed by atoms with Gasteiger partial charge in [0.2, 0.25) is 0 Å². The van der Waals surface area contributed by atoms with Crippen LogP contribution in [0.15, 0.2) is 45.3 Å². The lowest BCUT2D eigenvalue weighted by Crippen LogP contribution is -2.28. The van der Waals surface area contributed by atoms with E-state index in [1.807, 2.05) is 49.1 Å². The minimum Gasteiger partial charge on any atom is -0.466 e. The molecule has 1 aliphatic rings. The highest BCUT2D eigenvalue weighted by atomic mass is 16.5. The van der Waals surface area contributed by atoms with E-state index in [1.54, 1.807) is 6.07 Å². The molecule has 1 amide bonds. The van der Waals surface area contributed by atoms with Gasteiger partial charge < -0.3 is 13.8 Å². The summed E-state index contributed by atoms with van der Waals surface area (Å²) in [5.74, 6) is 2.69. The molecule has 1 atom stereocenters. The lowest BCUT2D eigenvalue weighted by atomic mass is 10.1. The van der Waals surface area contributed by atoms with Gasteiger partial charge in [0.25, 0.3) is 11.8 Å². The number of benzene rings is 1. The van der Waals surface area contributed by atoms with Crippen molar-refractivity contribution in [3.05, 3.63) is 59.3 Å². The van der Waals surface area contributed by atoms with Crippen molar-refractivity contribution in [1.29, 1.82) is 0 Å². The molecule has 1 aromatic carbocycles. The molecule has 1 unspecified atom stereocenters. The van der Waals surface area contributed by atoms with Gasteiger partial charge in [-0.2, -0.15) is 4.98 Å². The summed E-state index contributed by atoms with van der Waals surface area (Å²) in [6.07, 6.45) is 0.829. The zero-order chi connectivity index (χ0) is 17.4. The molecular weight excluding hydrogens is 318 g/mol. The van der Waals surface area contributed by atoms with Crippen LogP contribution in [-0.4, -0.2) is 34.0 Å². The lowest BCUT2D eigenvalue weighted by molar-refractivity contribution is 0.0788. The fourth-order valence-electron chi connectivity index (χ4n) is 3.27. The van der Waals surface area contributed by atoms with Crippen molar-refractivity contribution < 1.29 is 13.7 Å². The summed E-state index contributed by atoms with van der Waals surface area (Å²) < 4.78 is 10.9. The van der Waals surface area contributed by atoms with E-state index in [-0.39, 0.29) is 11.8 Å². The van der Waals surface area contributed by atoms with Crippen molar-refractivity contribution in [1.82, 2.24) is 15.0 Å². The van der Waals surface area contributed by atoms with Crippen molar-refractivity contribution in [3.8, 4) is 11.5 Å². The van der Waals surface area contributed by atoms with Crippen molar-refractivity contribution in [3.63, 3.8) is 0 Å². The van der Waals surface area contributed by atoms with Crippen LogP contribution in [0.4, 0.5) is 0 Å². The number of likely N-dealkylation sites (tertiary alicyclic amines) is 1. The molecule has 0 spiro atoms. The average Bonchev–Trinajstić information content (AvgIpc) is 3.34. The highest BCUT2D eigenvalue weighted by Gasteiger charge is 2.32. The molecule has 2 aromatic heterocycles. The molecule has 0 aliphatic carbocycles. The van der Waals surface area contributed by atoms with E-state index in [1.165, 1.54) is 0 Å². The lowest BCUT2D eigenvalue weighted by Gasteiger charge is -2.15. The Morgan fingerprint density at radius 1 is 1.24 bits per heavy atom. The van der Waals surface area contributed by atoms with Crippen LogP contribution >= 0.6 is 0 Å². The summed E-state index contributed by atoms with van der Waals surface area (Å²) in [5, 5.41) is 4.12. The third kappa shape index (κ3) is 2.95. The second kappa shape index (κ2) is 6.20. The monoisotopic (exact) mass is 337 g/mol. The van der Waals surface area contributed by atoms with E-state index in [2.05, 4.69) is 10.1 Å². The van der Waals surface area contributed by atoms with Gasteiger partial charge in [0, 0.05) is 24.6 Å². The van der Waals surface area contributed by atoms with Crippen molar-refractivity contribution in [2.75, 3.05) is 13.1 Å². The Bertz CT molecular complexity index is 898. The van der Waals surface area contributed by atoms with Crippen molar-refractivity contribution >= 4 is 5.91 Å². The Kier molecular flexibility index (Phi) is 3.87. The largest absolute Gasteiger partial charge is 0.466 e. The molecule has 1 saturated heterocycles. The van der Waals surface area contributed by atoms with Crippen LogP contribution in [0, 0.1) is 13.8 Å². The van der Waals surface area contributed by atoms with Gasteiger partial charge in [-0.1, -0.05) is 23.4 Å². The molecule has 1 fully saturated rings. The Labute approximate surface area is 145 Å². The summed E-state index contributed by atoms with van der Waals surface area (Å²) in [7, 11) is 0. The molecule has 0 saturated carbocycles. The summed E-state index contributed by atoms with van der Waals surface area (Å²) in [6.45, 7) is 4.94. The summed E-state index contributed by atoms with van der Waals surface area (Å²) in [4.78, 5) is 19.0. The second-order valence-electron chi connectivity index (χ2n) is 6.39. The molecule has 6 heteroatoms. The smallest absolute Gasteiger partial charge is 0.257 e. The first-order chi connectivity index (χ1) is 12.1. The highest BCUT2D eigenvalue weighted by Crippen LogP contribution is 2.29. The molecule has 3 aromatic rings. The maximum Gasteiger partial charge on any atom is 0.257 e. The molecule has 0 bridgehead atoms. The Morgan fingerprint density at radius 2 is 2.04 bits per heavy atom. The molecule has 1 aliphatic heterocycles.